The number of hydrogen-bond acceptors (Lipinski definition) is 15. The summed E-state index contributed by atoms with van der Waals surface area (Å²) in [6.45, 7) is 7.16. The lowest BCUT2D eigenvalue weighted by atomic mass is 9.99. The van der Waals surface area contributed by atoms with E-state index >= 15 is 0 Å². The smallest absolute Gasteiger partial charge is 0.462 e. The summed E-state index contributed by atoms with van der Waals surface area (Å²) in [6, 6.07) is 0. The second-order valence-electron chi connectivity index (χ2n) is 24.8. The highest BCUT2D eigenvalue weighted by atomic mass is 31.2. The van der Waals surface area contributed by atoms with Gasteiger partial charge in [-0.15, -0.1) is 0 Å². The average Bonchev–Trinajstić information content (AvgIpc) is 3.55. The number of phosphoric acid groups is 2. The Bertz CT molecular complexity index is 1810. The fourth-order valence-electron chi connectivity index (χ4n) is 10.1. The number of unbranched alkanes of at least 4 members (excludes halogenated alkanes) is 36. The highest BCUT2D eigenvalue weighted by molar-refractivity contribution is 7.47. The van der Waals surface area contributed by atoms with Crippen molar-refractivity contribution >= 4 is 39.5 Å². The van der Waals surface area contributed by atoms with Gasteiger partial charge in [0.05, 0.1) is 26.4 Å². The molecule has 0 saturated heterocycles. The third-order valence-corrected chi connectivity index (χ3v) is 17.9. The Morgan fingerprint density at radius 1 is 0.360 bits per heavy atom. The molecule has 0 aromatic rings. The summed E-state index contributed by atoms with van der Waals surface area (Å²) in [6.07, 6.45) is 52.0. The van der Waals surface area contributed by atoms with Gasteiger partial charge in [0.1, 0.15) is 19.3 Å². The molecule has 6 atom stereocenters. The molecule has 0 aliphatic heterocycles. The zero-order chi connectivity index (χ0) is 65.6. The molecule has 0 aliphatic carbocycles. The summed E-state index contributed by atoms with van der Waals surface area (Å²) in [4.78, 5) is 72.5. The third-order valence-electron chi connectivity index (χ3n) is 16.0. The van der Waals surface area contributed by atoms with Crippen LogP contribution >= 0.6 is 15.6 Å². The Labute approximate surface area is 542 Å². The Morgan fingerprint density at radius 2 is 0.629 bits per heavy atom. The van der Waals surface area contributed by atoms with Gasteiger partial charge in [-0.1, -0.05) is 284 Å². The minimum atomic E-state index is -4.96. The van der Waals surface area contributed by atoms with Crippen LogP contribution in [0.25, 0.3) is 0 Å². The lowest BCUT2D eigenvalue weighted by molar-refractivity contribution is -0.161. The quantitative estimate of drug-likeness (QED) is 0.0169. The van der Waals surface area contributed by atoms with E-state index in [0.29, 0.717) is 25.7 Å². The van der Waals surface area contributed by atoms with E-state index in [1.54, 1.807) is 0 Å². The first-order valence-electron chi connectivity index (χ1n) is 36.0. The topological polar surface area (TPSA) is 237 Å². The maximum atomic E-state index is 13.0. The van der Waals surface area contributed by atoms with E-state index in [1.165, 1.54) is 148 Å². The van der Waals surface area contributed by atoms with Crippen LogP contribution in [0.3, 0.4) is 0 Å². The van der Waals surface area contributed by atoms with Gasteiger partial charge in [-0.05, 0) is 57.3 Å². The standard InChI is InChI=1S/C70H132O17P2/c1-6-10-13-16-19-22-24-26-27-29-31-34-40-45-50-55-69(74)86-65(60-81-68(73)54-49-44-39-33-30-28-25-23-20-17-14-11-7-2)61-84-88(76,77)82-57-64(71)58-83-89(78,79)85-62-66(59-80-67(72)53-48-43-38-32-21-18-15-12-8-3)87-70(75)56-51-46-41-36-35-37-42-47-52-63(5)9-4/h22,24,26-27,63-66,71H,6-21,23,25,28-62H2,1-5H3,(H,76,77)(H,78,79)/b24-22-,27-26-/t63?,64-,65-,66-/m1/s1. The van der Waals surface area contributed by atoms with Crippen LogP contribution in [0.4, 0.5) is 0 Å². The van der Waals surface area contributed by atoms with E-state index in [-0.39, 0.29) is 25.7 Å². The van der Waals surface area contributed by atoms with E-state index in [0.717, 1.165) is 109 Å². The highest BCUT2D eigenvalue weighted by Crippen LogP contribution is 2.45. The van der Waals surface area contributed by atoms with Crippen LogP contribution in [0.15, 0.2) is 24.3 Å². The molecule has 524 valence electrons. The summed E-state index contributed by atoms with van der Waals surface area (Å²) in [5.41, 5.74) is 0. The van der Waals surface area contributed by atoms with Gasteiger partial charge < -0.3 is 33.8 Å². The van der Waals surface area contributed by atoms with E-state index < -0.39 is 97.5 Å². The zero-order valence-electron chi connectivity index (χ0n) is 57.0. The molecule has 0 amide bonds. The molecule has 17 nitrogen and oxygen atoms in total. The SMILES string of the molecule is CCCCCC/C=C\C=C/CCCCCCCC(=O)O[C@H](COC(=O)CCCCCCCCCCCCCCC)COP(=O)(O)OC[C@@H](O)COP(=O)(O)OC[C@@H](COC(=O)CCCCCCCCCCC)OC(=O)CCCCCCCCCCC(C)CC. The van der Waals surface area contributed by atoms with E-state index in [2.05, 4.69) is 58.9 Å². The Kier molecular flexibility index (Phi) is 61.2. The third kappa shape index (κ3) is 62.7. The van der Waals surface area contributed by atoms with Gasteiger partial charge in [0.25, 0.3) is 0 Å². The fourth-order valence-corrected chi connectivity index (χ4v) is 11.6. The van der Waals surface area contributed by atoms with Crippen molar-refractivity contribution in [2.45, 2.75) is 355 Å². The molecule has 0 spiro atoms. The lowest BCUT2D eigenvalue weighted by Gasteiger charge is -2.21. The highest BCUT2D eigenvalue weighted by Gasteiger charge is 2.30. The summed E-state index contributed by atoms with van der Waals surface area (Å²) in [5.74, 6) is -1.39. The molecule has 3 unspecified atom stereocenters. The summed E-state index contributed by atoms with van der Waals surface area (Å²) in [7, 11) is -9.91. The first-order valence-corrected chi connectivity index (χ1v) is 39.0. The predicted molar refractivity (Wildman–Crippen MR) is 358 cm³/mol. The molecule has 0 aromatic carbocycles. The minimum Gasteiger partial charge on any atom is -0.462 e. The van der Waals surface area contributed by atoms with E-state index in [1.807, 2.05) is 0 Å². The zero-order valence-corrected chi connectivity index (χ0v) is 58.8. The summed E-state index contributed by atoms with van der Waals surface area (Å²) < 4.78 is 68.2. The molecule has 0 rings (SSSR count). The number of esters is 4. The van der Waals surface area contributed by atoms with Crippen molar-refractivity contribution in [2.24, 2.45) is 5.92 Å². The molecular formula is C70H132O17P2. The van der Waals surface area contributed by atoms with Gasteiger partial charge in [0, 0.05) is 25.7 Å². The van der Waals surface area contributed by atoms with Crippen LogP contribution in [-0.2, 0) is 65.4 Å². The second-order valence-corrected chi connectivity index (χ2v) is 27.7. The summed E-state index contributed by atoms with van der Waals surface area (Å²) in [5, 5.41) is 10.6. The van der Waals surface area contributed by atoms with E-state index in [4.69, 9.17) is 37.0 Å². The van der Waals surface area contributed by atoms with Crippen LogP contribution in [0.1, 0.15) is 336 Å². The van der Waals surface area contributed by atoms with Crippen molar-refractivity contribution in [2.75, 3.05) is 39.6 Å². The number of rotatable bonds is 68. The van der Waals surface area contributed by atoms with Gasteiger partial charge in [-0.3, -0.25) is 37.3 Å². The van der Waals surface area contributed by atoms with Crippen LogP contribution in [0.5, 0.6) is 0 Å². The molecule has 19 heteroatoms. The molecule has 0 radical (unpaired) electrons. The fraction of sp³-hybridized carbons (Fsp3) is 0.886. The van der Waals surface area contributed by atoms with Gasteiger partial charge in [-0.2, -0.15) is 0 Å². The van der Waals surface area contributed by atoms with E-state index in [9.17, 15) is 43.2 Å². The molecule has 3 N–H and O–H groups in total. The predicted octanol–water partition coefficient (Wildman–Crippen LogP) is 19.7. The summed E-state index contributed by atoms with van der Waals surface area (Å²) >= 11 is 0. The van der Waals surface area contributed by atoms with Crippen molar-refractivity contribution in [3.05, 3.63) is 24.3 Å². The maximum Gasteiger partial charge on any atom is 0.472 e. The van der Waals surface area contributed by atoms with Crippen LogP contribution in [-0.4, -0.2) is 96.7 Å². The average molecular weight is 1310 g/mol. The monoisotopic (exact) mass is 1310 g/mol. The molecule has 0 aromatic heterocycles. The van der Waals surface area contributed by atoms with Gasteiger partial charge in [0.2, 0.25) is 0 Å². The molecule has 0 saturated carbocycles. The number of phosphoric ester groups is 2. The van der Waals surface area contributed by atoms with Crippen LogP contribution in [0.2, 0.25) is 0 Å². The number of aliphatic hydroxyl groups is 1. The first-order chi connectivity index (χ1) is 43.1. The van der Waals surface area contributed by atoms with Crippen molar-refractivity contribution in [1.29, 1.82) is 0 Å². The number of carbonyl (C=O) groups excluding carboxylic acids is 4. The molecule has 0 aliphatic rings. The number of allylic oxidation sites excluding steroid dienone is 4. The molecule has 0 fully saturated rings. The number of carbonyl (C=O) groups is 4. The molecule has 89 heavy (non-hydrogen) atoms. The van der Waals surface area contributed by atoms with Gasteiger partial charge >= 0.3 is 39.5 Å². The van der Waals surface area contributed by atoms with Gasteiger partial charge in [-0.25, -0.2) is 9.13 Å². The Hall–Kier alpha value is -2.46. The molecular weight excluding hydrogens is 1170 g/mol. The van der Waals surface area contributed by atoms with Crippen molar-refractivity contribution < 1.29 is 80.2 Å². The molecule has 0 bridgehead atoms. The normalized spacial score (nSPS) is 14.6. The number of ether oxygens (including phenoxy) is 4. The Morgan fingerprint density at radius 3 is 0.955 bits per heavy atom. The largest absolute Gasteiger partial charge is 0.472 e. The van der Waals surface area contributed by atoms with Crippen LogP contribution < -0.4 is 0 Å². The van der Waals surface area contributed by atoms with Crippen molar-refractivity contribution in [1.82, 2.24) is 0 Å². The number of aliphatic hydroxyl groups excluding tert-OH is 1. The van der Waals surface area contributed by atoms with Crippen molar-refractivity contribution in [3.63, 3.8) is 0 Å². The lowest BCUT2D eigenvalue weighted by Crippen LogP contribution is -2.30. The first kappa shape index (κ1) is 86.5. The van der Waals surface area contributed by atoms with Crippen molar-refractivity contribution in [3.8, 4) is 0 Å². The number of hydrogen-bond donors (Lipinski definition) is 3. The second kappa shape index (κ2) is 63.0. The van der Waals surface area contributed by atoms with Crippen LogP contribution in [0, 0.1) is 5.92 Å². The Balaban J connectivity index is 5.28. The molecule has 0 heterocycles. The van der Waals surface area contributed by atoms with Gasteiger partial charge in [0.15, 0.2) is 12.2 Å². The maximum absolute atomic E-state index is 13.0. The minimum absolute atomic E-state index is 0.0854.